The van der Waals surface area contributed by atoms with Crippen molar-refractivity contribution >= 4 is 11.8 Å². The number of amides is 2. The standard InChI is InChI=1S/C18H25N3O4/c1-13(22)19-6-7-20-18(23)12-21-8-2-3-15(21)14-4-5-16-17(11-14)25-10-9-24-16/h4-5,11,15H,2-3,6-10,12H2,1H3,(H,19,22)(H,20,23)/t15-/m0/s1. The molecule has 7 nitrogen and oxygen atoms in total. The molecule has 0 aliphatic carbocycles. The van der Waals surface area contributed by atoms with E-state index in [0.717, 1.165) is 36.4 Å². The molecule has 0 spiro atoms. The van der Waals surface area contributed by atoms with Crippen LogP contribution < -0.4 is 20.1 Å². The van der Waals surface area contributed by atoms with Crippen molar-refractivity contribution in [3.63, 3.8) is 0 Å². The van der Waals surface area contributed by atoms with Gasteiger partial charge >= 0.3 is 0 Å². The summed E-state index contributed by atoms with van der Waals surface area (Å²) < 4.78 is 11.2. The van der Waals surface area contributed by atoms with Crippen LogP contribution in [-0.2, 0) is 9.59 Å². The highest BCUT2D eigenvalue weighted by Crippen LogP contribution is 2.37. The van der Waals surface area contributed by atoms with Gasteiger partial charge < -0.3 is 20.1 Å². The first kappa shape index (κ1) is 17.5. The van der Waals surface area contributed by atoms with E-state index in [0.29, 0.717) is 32.8 Å². The van der Waals surface area contributed by atoms with Crippen LogP contribution in [0.3, 0.4) is 0 Å². The molecule has 1 atom stereocenters. The Morgan fingerprint density at radius 1 is 1.16 bits per heavy atom. The Hall–Kier alpha value is -2.28. The molecule has 2 aliphatic heterocycles. The molecule has 2 amide bonds. The van der Waals surface area contributed by atoms with Crippen molar-refractivity contribution in [2.45, 2.75) is 25.8 Å². The second-order valence-corrected chi connectivity index (χ2v) is 6.36. The molecule has 136 valence electrons. The molecule has 0 radical (unpaired) electrons. The van der Waals surface area contributed by atoms with Crippen LogP contribution >= 0.6 is 0 Å². The molecule has 2 aliphatic rings. The Morgan fingerprint density at radius 3 is 2.72 bits per heavy atom. The van der Waals surface area contributed by atoms with Crippen molar-refractivity contribution < 1.29 is 19.1 Å². The fourth-order valence-corrected chi connectivity index (χ4v) is 3.34. The largest absolute Gasteiger partial charge is 0.486 e. The minimum atomic E-state index is -0.0903. The molecule has 2 N–H and O–H groups in total. The summed E-state index contributed by atoms with van der Waals surface area (Å²) in [4.78, 5) is 25.2. The molecule has 2 heterocycles. The predicted molar refractivity (Wildman–Crippen MR) is 92.7 cm³/mol. The molecule has 7 heteroatoms. The van der Waals surface area contributed by atoms with Gasteiger partial charge in [-0.3, -0.25) is 14.5 Å². The number of benzene rings is 1. The molecule has 3 rings (SSSR count). The highest BCUT2D eigenvalue weighted by Gasteiger charge is 2.28. The van der Waals surface area contributed by atoms with Crippen molar-refractivity contribution in [3.05, 3.63) is 23.8 Å². The third-order valence-corrected chi connectivity index (χ3v) is 4.48. The van der Waals surface area contributed by atoms with Crippen LogP contribution in [0.2, 0.25) is 0 Å². The van der Waals surface area contributed by atoms with E-state index in [1.54, 1.807) is 0 Å². The van der Waals surface area contributed by atoms with E-state index in [1.165, 1.54) is 6.92 Å². The van der Waals surface area contributed by atoms with Gasteiger partial charge in [-0.2, -0.15) is 0 Å². The summed E-state index contributed by atoms with van der Waals surface area (Å²) in [5, 5.41) is 5.51. The smallest absolute Gasteiger partial charge is 0.234 e. The number of nitrogens with zero attached hydrogens (tertiary/aromatic N) is 1. The highest BCUT2D eigenvalue weighted by atomic mass is 16.6. The average molecular weight is 347 g/mol. The lowest BCUT2D eigenvalue weighted by Crippen LogP contribution is -2.40. The molecule has 1 fully saturated rings. The van der Waals surface area contributed by atoms with Crippen LogP contribution in [0.4, 0.5) is 0 Å². The van der Waals surface area contributed by atoms with E-state index in [1.807, 2.05) is 12.1 Å². The molecule has 1 aromatic carbocycles. The van der Waals surface area contributed by atoms with E-state index < -0.39 is 0 Å². The van der Waals surface area contributed by atoms with Gasteiger partial charge in [0.05, 0.1) is 6.54 Å². The number of nitrogens with one attached hydrogen (secondary N) is 2. The van der Waals surface area contributed by atoms with Gasteiger partial charge in [0.15, 0.2) is 11.5 Å². The van der Waals surface area contributed by atoms with E-state index in [4.69, 9.17) is 9.47 Å². The zero-order valence-corrected chi connectivity index (χ0v) is 14.5. The summed E-state index contributed by atoms with van der Waals surface area (Å²) in [5.41, 5.74) is 1.16. The number of hydrogen-bond acceptors (Lipinski definition) is 5. The second kappa shape index (κ2) is 8.20. The van der Waals surface area contributed by atoms with Crippen molar-refractivity contribution in [1.82, 2.24) is 15.5 Å². The summed E-state index contributed by atoms with van der Waals surface area (Å²) in [7, 11) is 0. The lowest BCUT2D eigenvalue weighted by Gasteiger charge is -2.26. The van der Waals surface area contributed by atoms with Crippen molar-refractivity contribution in [1.29, 1.82) is 0 Å². The molecular weight excluding hydrogens is 322 g/mol. The van der Waals surface area contributed by atoms with Crippen LogP contribution in [0.1, 0.15) is 31.4 Å². The van der Waals surface area contributed by atoms with E-state index in [9.17, 15) is 9.59 Å². The predicted octanol–water partition coefficient (Wildman–Crippen LogP) is 0.847. The number of carbonyl (C=O) groups excluding carboxylic acids is 2. The van der Waals surface area contributed by atoms with Gasteiger partial charge in [0.25, 0.3) is 0 Å². The first-order chi connectivity index (χ1) is 12.1. The normalized spacial score (nSPS) is 19.5. The SMILES string of the molecule is CC(=O)NCCNC(=O)CN1CCC[C@H]1c1ccc2c(c1)OCCO2. The zero-order valence-electron chi connectivity index (χ0n) is 14.5. The van der Waals surface area contributed by atoms with Crippen LogP contribution in [0.25, 0.3) is 0 Å². The number of fused-ring (bicyclic) bond motifs is 1. The summed E-state index contributed by atoms with van der Waals surface area (Å²) >= 11 is 0. The van der Waals surface area contributed by atoms with Gasteiger partial charge in [0.1, 0.15) is 13.2 Å². The number of carbonyl (C=O) groups is 2. The first-order valence-electron chi connectivity index (χ1n) is 8.78. The Balaban J connectivity index is 1.55. The van der Waals surface area contributed by atoms with E-state index >= 15 is 0 Å². The van der Waals surface area contributed by atoms with Crippen LogP contribution in [0, 0.1) is 0 Å². The lowest BCUT2D eigenvalue weighted by molar-refractivity contribution is -0.123. The average Bonchev–Trinajstić information content (AvgIpc) is 3.06. The van der Waals surface area contributed by atoms with Crippen molar-refractivity contribution in [2.75, 3.05) is 39.4 Å². The Kier molecular flexibility index (Phi) is 5.75. The summed E-state index contributed by atoms with van der Waals surface area (Å²) in [6.07, 6.45) is 2.09. The molecule has 0 aromatic heterocycles. The number of likely N-dealkylation sites (tertiary alicyclic amines) is 1. The molecule has 25 heavy (non-hydrogen) atoms. The van der Waals surface area contributed by atoms with E-state index in [-0.39, 0.29) is 17.9 Å². The monoisotopic (exact) mass is 347 g/mol. The molecule has 1 aromatic rings. The molecule has 0 unspecified atom stereocenters. The summed E-state index contributed by atoms with van der Waals surface area (Å²) in [6, 6.07) is 6.27. The van der Waals surface area contributed by atoms with Gasteiger partial charge in [-0.25, -0.2) is 0 Å². The first-order valence-corrected chi connectivity index (χ1v) is 8.78. The second-order valence-electron chi connectivity index (χ2n) is 6.36. The molecule has 0 saturated carbocycles. The van der Waals surface area contributed by atoms with Gasteiger partial charge in [0, 0.05) is 26.1 Å². The van der Waals surface area contributed by atoms with Crippen LogP contribution in [0.5, 0.6) is 11.5 Å². The Labute approximate surface area is 147 Å². The fraction of sp³-hybridized carbons (Fsp3) is 0.556. The maximum Gasteiger partial charge on any atom is 0.234 e. The fourth-order valence-electron chi connectivity index (χ4n) is 3.34. The summed E-state index contributed by atoms with van der Waals surface area (Å²) in [6.45, 7) is 4.77. The third kappa shape index (κ3) is 4.63. The molecular formula is C18H25N3O4. The topological polar surface area (TPSA) is 79.9 Å². The minimum absolute atomic E-state index is 0.0187. The quantitative estimate of drug-likeness (QED) is 0.746. The number of rotatable bonds is 6. The van der Waals surface area contributed by atoms with Crippen LogP contribution in [-0.4, -0.2) is 56.1 Å². The number of ether oxygens (including phenoxy) is 2. The highest BCUT2D eigenvalue weighted by molar-refractivity contribution is 5.78. The van der Waals surface area contributed by atoms with Crippen molar-refractivity contribution in [3.8, 4) is 11.5 Å². The van der Waals surface area contributed by atoms with E-state index in [2.05, 4.69) is 21.6 Å². The van der Waals surface area contributed by atoms with Gasteiger partial charge in [-0.15, -0.1) is 0 Å². The van der Waals surface area contributed by atoms with Crippen LogP contribution in [0.15, 0.2) is 18.2 Å². The lowest BCUT2D eigenvalue weighted by atomic mass is 10.0. The van der Waals surface area contributed by atoms with Crippen molar-refractivity contribution in [2.24, 2.45) is 0 Å². The minimum Gasteiger partial charge on any atom is -0.486 e. The zero-order chi connectivity index (χ0) is 17.6. The van der Waals surface area contributed by atoms with Gasteiger partial charge in [-0.05, 0) is 37.1 Å². The molecule has 1 saturated heterocycles. The Morgan fingerprint density at radius 2 is 1.92 bits per heavy atom. The third-order valence-electron chi connectivity index (χ3n) is 4.48. The maximum atomic E-state index is 12.1. The Bertz CT molecular complexity index is 635. The van der Waals surface area contributed by atoms with Gasteiger partial charge in [0.2, 0.25) is 11.8 Å². The number of hydrogen-bond donors (Lipinski definition) is 2. The maximum absolute atomic E-state index is 12.1. The van der Waals surface area contributed by atoms with Gasteiger partial charge in [-0.1, -0.05) is 6.07 Å². The molecule has 0 bridgehead atoms. The summed E-state index contributed by atoms with van der Waals surface area (Å²) in [5.74, 6) is 1.47.